The molecule has 1 aliphatic heterocycles. The highest BCUT2D eigenvalue weighted by molar-refractivity contribution is 8.00. The normalized spacial score (nSPS) is 16.2. The number of benzene rings is 2. The van der Waals surface area contributed by atoms with E-state index < -0.39 is 5.54 Å². The number of anilines is 1. The van der Waals surface area contributed by atoms with Crippen LogP contribution in [0.25, 0.3) is 11.1 Å². The number of carbonyl (C=O) groups excluding carboxylic acids is 1. The number of rotatable bonds is 12. The molecule has 1 N–H and O–H groups in total. The number of aromatic nitrogens is 1. The summed E-state index contributed by atoms with van der Waals surface area (Å²) < 4.78 is 14.6. The van der Waals surface area contributed by atoms with Gasteiger partial charge < -0.3 is 14.0 Å². The molecule has 5 rings (SSSR count). The minimum absolute atomic E-state index is 0.183. The summed E-state index contributed by atoms with van der Waals surface area (Å²) in [7, 11) is 0. The van der Waals surface area contributed by atoms with Crippen molar-refractivity contribution >= 4 is 41.3 Å². The van der Waals surface area contributed by atoms with Crippen molar-refractivity contribution in [3.8, 4) is 11.1 Å². The fourth-order valence-corrected chi connectivity index (χ4v) is 6.69. The molecule has 2 aromatic carbocycles. The van der Waals surface area contributed by atoms with Crippen molar-refractivity contribution in [3.63, 3.8) is 0 Å². The Morgan fingerprint density at radius 3 is 2.65 bits per heavy atom. The molecular weight excluding hydrogens is 541 g/mol. The molecule has 0 unspecified atom stereocenters. The average Bonchev–Trinajstić information content (AvgIpc) is 3.65. The van der Waals surface area contributed by atoms with E-state index in [1.54, 1.807) is 11.8 Å². The molecule has 0 saturated heterocycles. The summed E-state index contributed by atoms with van der Waals surface area (Å²) in [6, 6.07) is 14.8. The molecule has 1 aliphatic carbocycles. The summed E-state index contributed by atoms with van der Waals surface area (Å²) in [5.74, 6) is 3.63. The van der Waals surface area contributed by atoms with Crippen LogP contribution in [0.15, 0.2) is 56.9 Å². The minimum atomic E-state index is -0.522. The van der Waals surface area contributed by atoms with Crippen LogP contribution in [0.1, 0.15) is 61.5 Å². The van der Waals surface area contributed by atoms with Crippen LogP contribution < -0.4 is 4.72 Å². The number of hydrogen-bond acceptors (Lipinski definition) is 8. The van der Waals surface area contributed by atoms with Gasteiger partial charge in [-0.1, -0.05) is 54.4 Å². The first-order valence-corrected chi connectivity index (χ1v) is 16.2. The first-order valence-electron chi connectivity index (χ1n) is 14.0. The summed E-state index contributed by atoms with van der Waals surface area (Å²) >= 11 is 3.31. The second-order valence-corrected chi connectivity index (χ2v) is 12.3. The van der Waals surface area contributed by atoms with Crippen LogP contribution in [0.2, 0.25) is 0 Å². The van der Waals surface area contributed by atoms with Gasteiger partial charge in [-0.2, -0.15) is 11.8 Å². The van der Waals surface area contributed by atoms with Crippen LogP contribution in [0.3, 0.4) is 0 Å². The molecule has 0 radical (unpaired) electrons. The highest BCUT2D eigenvalue weighted by Crippen LogP contribution is 2.40. The monoisotopic (exact) mass is 578 g/mol. The van der Waals surface area contributed by atoms with Gasteiger partial charge in [-0.05, 0) is 80.1 Å². The maximum absolute atomic E-state index is 13.7. The highest BCUT2D eigenvalue weighted by atomic mass is 32.2. The number of nitrogens with one attached hydrogen (secondary N) is 1. The predicted molar refractivity (Wildman–Crippen MR) is 165 cm³/mol. The Morgan fingerprint density at radius 2 is 1.93 bits per heavy atom. The third-order valence-electron chi connectivity index (χ3n) is 7.82. The van der Waals surface area contributed by atoms with Gasteiger partial charge in [0, 0.05) is 29.2 Å². The predicted octanol–water partition coefficient (Wildman–Crippen LogP) is 7.42. The van der Waals surface area contributed by atoms with Gasteiger partial charge in [0.05, 0.1) is 13.2 Å². The number of carbonyl (C=O) groups is 1. The second kappa shape index (κ2) is 12.8. The number of ether oxygens (including phenoxy) is 1. The fraction of sp³-hybridized carbons (Fsp3) is 0.452. The van der Waals surface area contributed by atoms with E-state index in [4.69, 9.17) is 14.3 Å². The van der Waals surface area contributed by atoms with Crippen LogP contribution in [0, 0.1) is 13.8 Å². The lowest BCUT2D eigenvalue weighted by molar-refractivity contribution is -0.131. The molecule has 7 nitrogen and oxygen atoms in total. The number of thioether (sulfide) groups is 1. The number of amidine groups is 1. The molecule has 1 fully saturated rings. The maximum atomic E-state index is 13.7. The Bertz CT molecular complexity index is 1380. The van der Waals surface area contributed by atoms with E-state index in [1.807, 2.05) is 31.7 Å². The number of amides is 1. The van der Waals surface area contributed by atoms with Crippen LogP contribution >= 0.6 is 23.7 Å². The smallest absolute Gasteiger partial charge is 0.256 e. The van der Waals surface area contributed by atoms with Gasteiger partial charge in [-0.25, -0.2) is 0 Å². The third-order valence-corrected chi connectivity index (χ3v) is 9.31. The molecule has 1 aromatic heterocycles. The SMILES string of the molecule is CCOCc1cc(CN2C(=O)C3(CCCC3)N=C2CCSC)ccc1-c1ccccc1SNc1noc(C)c1C. The molecular formula is C31H38N4O3S2. The zero-order valence-corrected chi connectivity index (χ0v) is 25.4. The molecule has 3 aromatic rings. The summed E-state index contributed by atoms with van der Waals surface area (Å²) in [5.41, 5.74) is 4.91. The van der Waals surface area contributed by atoms with E-state index in [9.17, 15) is 4.79 Å². The number of hydrogen-bond donors (Lipinski definition) is 1. The van der Waals surface area contributed by atoms with E-state index in [0.29, 0.717) is 19.8 Å². The minimum Gasteiger partial charge on any atom is -0.377 e. The Morgan fingerprint density at radius 1 is 1.12 bits per heavy atom. The number of aryl methyl sites for hydroxylation is 1. The molecule has 9 heteroatoms. The van der Waals surface area contributed by atoms with Crippen molar-refractivity contribution in [2.45, 2.75) is 76.5 Å². The van der Waals surface area contributed by atoms with Crippen LogP contribution in [0.5, 0.6) is 0 Å². The maximum Gasteiger partial charge on any atom is 0.256 e. The van der Waals surface area contributed by atoms with Gasteiger partial charge in [0.15, 0.2) is 5.82 Å². The lowest BCUT2D eigenvalue weighted by Gasteiger charge is -2.23. The molecule has 2 heterocycles. The van der Waals surface area contributed by atoms with E-state index in [1.165, 1.54) is 11.9 Å². The Balaban J connectivity index is 1.42. The average molecular weight is 579 g/mol. The third kappa shape index (κ3) is 5.97. The Labute approximate surface area is 245 Å². The number of aliphatic imine (C=N–C) groups is 1. The molecule has 1 amide bonds. The standard InChI is InChI=1S/C31H38N4O3S2/c1-5-37-20-24-18-23(19-35-28(14-17-39-4)32-31(30(35)36)15-8-9-16-31)12-13-25(24)26-10-6-7-11-27(26)40-34-29-21(2)22(3)38-33-29/h6-7,10-13,18H,5,8-9,14-17,19-20H2,1-4H3,(H,33,34). The quantitative estimate of drug-likeness (QED) is 0.224. The van der Waals surface area contributed by atoms with Gasteiger partial charge in [0.25, 0.3) is 5.91 Å². The largest absolute Gasteiger partial charge is 0.377 e. The van der Waals surface area contributed by atoms with Crippen molar-refractivity contribution in [2.75, 3.05) is 23.3 Å². The van der Waals surface area contributed by atoms with Gasteiger partial charge in [0.2, 0.25) is 0 Å². The molecule has 212 valence electrons. The lowest BCUT2D eigenvalue weighted by Crippen LogP contribution is -2.40. The summed E-state index contributed by atoms with van der Waals surface area (Å²) in [6.07, 6.45) is 6.82. The van der Waals surface area contributed by atoms with E-state index >= 15 is 0 Å². The van der Waals surface area contributed by atoms with Crippen LogP contribution in [0.4, 0.5) is 5.82 Å². The summed E-state index contributed by atoms with van der Waals surface area (Å²) in [6.45, 7) is 7.59. The first kappa shape index (κ1) is 28.8. The zero-order valence-electron chi connectivity index (χ0n) is 23.8. The molecule has 1 spiro atoms. The molecule has 40 heavy (non-hydrogen) atoms. The van der Waals surface area contributed by atoms with E-state index in [2.05, 4.69) is 52.5 Å². The molecule has 2 aliphatic rings. The van der Waals surface area contributed by atoms with Crippen molar-refractivity contribution in [1.29, 1.82) is 0 Å². The topological polar surface area (TPSA) is 80.0 Å². The van der Waals surface area contributed by atoms with Crippen molar-refractivity contribution in [3.05, 3.63) is 64.9 Å². The first-order chi connectivity index (χ1) is 19.5. The van der Waals surface area contributed by atoms with Crippen LogP contribution in [-0.4, -0.2) is 46.0 Å². The summed E-state index contributed by atoms with van der Waals surface area (Å²) in [5, 5.41) is 4.14. The zero-order chi connectivity index (χ0) is 28.1. The van der Waals surface area contributed by atoms with Gasteiger partial charge in [-0.15, -0.1) is 0 Å². The van der Waals surface area contributed by atoms with E-state index in [0.717, 1.165) is 88.0 Å². The van der Waals surface area contributed by atoms with Crippen molar-refractivity contribution in [1.82, 2.24) is 10.1 Å². The van der Waals surface area contributed by atoms with E-state index in [-0.39, 0.29) is 5.91 Å². The molecule has 0 bridgehead atoms. The van der Waals surface area contributed by atoms with Crippen molar-refractivity contribution in [2.24, 2.45) is 4.99 Å². The number of nitrogens with zero attached hydrogens (tertiary/aromatic N) is 3. The highest BCUT2D eigenvalue weighted by Gasteiger charge is 2.49. The second-order valence-electron chi connectivity index (χ2n) is 10.4. The Hall–Kier alpha value is -2.75. The molecule has 0 atom stereocenters. The Kier molecular flexibility index (Phi) is 9.23. The van der Waals surface area contributed by atoms with Crippen molar-refractivity contribution < 1.29 is 14.1 Å². The van der Waals surface area contributed by atoms with Crippen LogP contribution in [-0.2, 0) is 22.7 Å². The van der Waals surface area contributed by atoms with Gasteiger partial charge in [-0.3, -0.25) is 14.7 Å². The fourth-order valence-electron chi connectivity index (χ4n) is 5.47. The van der Waals surface area contributed by atoms with Gasteiger partial charge in [0.1, 0.15) is 17.1 Å². The molecule has 1 saturated carbocycles. The lowest BCUT2D eigenvalue weighted by atomic mass is 9.96. The van der Waals surface area contributed by atoms with Gasteiger partial charge >= 0.3 is 0 Å². The summed E-state index contributed by atoms with van der Waals surface area (Å²) in [4.78, 5) is 21.8.